The summed E-state index contributed by atoms with van der Waals surface area (Å²) in [5.74, 6) is 2.53. The molecular formula is C19H25NO. The van der Waals surface area contributed by atoms with Crippen molar-refractivity contribution in [2.45, 2.75) is 58.3 Å². The standard InChI is InChI=1S/C19H25NO/c1-11-9-15-12(10-17(11)20)3-4-14-13(15)7-8-19(2)16(14)5-6-18(19)21/h9-10,13-14,16H,3-8,20H2,1-2H3/t13?,14-,16+,19+/m1/s1. The first-order valence-electron chi connectivity index (χ1n) is 8.43. The Balaban J connectivity index is 1.75. The van der Waals surface area contributed by atoms with Gasteiger partial charge in [-0.15, -0.1) is 0 Å². The van der Waals surface area contributed by atoms with Gasteiger partial charge in [0.2, 0.25) is 0 Å². The van der Waals surface area contributed by atoms with E-state index >= 15 is 0 Å². The molecule has 0 radical (unpaired) electrons. The second kappa shape index (κ2) is 4.34. The number of hydrogen-bond donors (Lipinski definition) is 1. The molecule has 2 fully saturated rings. The molecule has 2 heteroatoms. The van der Waals surface area contributed by atoms with Crippen LogP contribution in [0.25, 0.3) is 0 Å². The maximum atomic E-state index is 12.3. The zero-order chi connectivity index (χ0) is 14.8. The van der Waals surface area contributed by atoms with Gasteiger partial charge in [-0.05, 0) is 79.5 Å². The zero-order valence-corrected chi connectivity index (χ0v) is 13.1. The molecule has 3 aliphatic carbocycles. The van der Waals surface area contributed by atoms with Crippen molar-refractivity contribution in [3.8, 4) is 0 Å². The molecule has 112 valence electrons. The van der Waals surface area contributed by atoms with E-state index in [9.17, 15) is 4.79 Å². The first-order valence-corrected chi connectivity index (χ1v) is 8.43. The van der Waals surface area contributed by atoms with Crippen LogP contribution < -0.4 is 5.73 Å². The van der Waals surface area contributed by atoms with Crippen molar-refractivity contribution >= 4 is 11.5 Å². The van der Waals surface area contributed by atoms with E-state index in [-0.39, 0.29) is 5.41 Å². The zero-order valence-electron chi connectivity index (χ0n) is 13.1. The number of ketones is 1. The van der Waals surface area contributed by atoms with Crippen molar-refractivity contribution in [2.75, 3.05) is 5.73 Å². The fourth-order valence-electron chi connectivity index (χ4n) is 5.53. The summed E-state index contributed by atoms with van der Waals surface area (Å²) in [6.07, 6.45) is 6.59. The number of benzene rings is 1. The van der Waals surface area contributed by atoms with Crippen molar-refractivity contribution < 1.29 is 4.79 Å². The fourth-order valence-corrected chi connectivity index (χ4v) is 5.53. The molecule has 2 saturated carbocycles. The number of carbonyl (C=O) groups is 1. The minimum atomic E-state index is -0.0124. The van der Waals surface area contributed by atoms with E-state index in [4.69, 9.17) is 5.73 Å². The van der Waals surface area contributed by atoms with Crippen LogP contribution in [-0.4, -0.2) is 5.78 Å². The van der Waals surface area contributed by atoms with Gasteiger partial charge in [-0.1, -0.05) is 13.0 Å². The first-order chi connectivity index (χ1) is 10.0. The molecule has 4 rings (SSSR count). The highest BCUT2D eigenvalue weighted by Crippen LogP contribution is 2.59. The van der Waals surface area contributed by atoms with Gasteiger partial charge >= 0.3 is 0 Å². The SMILES string of the molecule is Cc1cc2c(cc1N)CC[C@@H]1C2CC[C@]2(C)C(=O)CC[C@@H]12. The predicted octanol–water partition coefficient (Wildman–Crippen LogP) is 4.00. The minimum Gasteiger partial charge on any atom is -0.399 e. The van der Waals surface area contributed by atoms with Gasteiger partial charge in [0.25, 0.3) is 0 Å². The average molecular weight is 283 g/mol. The Bertz CT molecular complexity index is 620. The predicted molar refractivity (Wildman–Crippen MR) is 85.2 cm³/mol. The van der Waals surface area contributed by atoms with Crippen molar-refractivity contribution in [3.05, 3.63) is 28.8 Å². The summed E-state index contributed by atoms with van der Waals surface area (Å²) in [4.78, 5) is 12.3. The maximum Gasteiger partial charge on any atom is 0.139 e. The molecule has 0 bridgehead atoms. The third-order valence-corrected chi connectivity index (χ3v) is 6.82. The molecule has 0 aromatic heterocycles. The van der Waals surface area contributed by atoms with Crippen LogP contribution in [-0.2, 0) is 11.2 Å². The summed E-state index contributed by atoms with van der Waals surface area (Å²) in [5.41, 5.74) is 11.2. The molecule has 1 unspecified atom stereocenters. The molecule has 2 N–H and O–H groups in total. The van der Waals surface area contributed by atoms with Crippen LogP contribution in [0.2, 0.25) is 0 Å². The molecule has 1 aromatic rings. The van der Waals surface area contributed by atoms with E-state index in [0.717, 1.165) is 31.4 Å². The van der Waals surface area contributed by atoms with Crippen LogP contribution >= 0.6 is 0 Å². The lowest BCUT2D eigenvalue weighted by Gasteiger charge is -2.48. The second-order valence-corrected chi connectivity index (χ2v) is 7.74. The van der Waals surface area contributed by atoms with Crippen LogP contribution in [0.5, 0.6) is 0 Å². The topological polar surface area (TPSA) is 43.1 Å². The summed E-state index contributed by atoms with van der Waals surface area (Å²) in [6, 6.07) is 4.54. The Morgan fingerprint density at radius 2 is 2.00 bits per heavy atom. The fraction of sp³-hybridized carbons (Fsp3) is 0.632. The number of nitrogen functional groups attached to an aromatic ring is 1. The maximum absolute atomic E-state index is 12.3. The number of rotatable bonds is 0. The van der Waals surface area contributed by atoms with E-state index in [1.165, 1.54) is 24.0 Å². The van der Waals surface area contributed by atoms with Gasteiger partial charge < -0.3 is 5.73 Å². The molecule has 0 saturated heterocycles. The number of aryl methyl sites for hydroxylation is 2. The summed E-state index contributed by atoms with van der Waals surface area (Å²) in [6.45, 7) is 4.36. The van der Waals surface area contributed by atoms with Gasteiger partial charge in [-0.3, -0.25) is 4.79 Å². The largest absolute Gasteiger partial charge is 0.399 e. The lowest BCUT2D eigenvalue weighted by Crippen LogP contribution is -2.42. The highest BCUT2D eigenvalue weighted by molar-refractivity contribution is 5.87. The van der Waals surface area contributed by atoms with Crippen LogP contribution in [0.1, 0.15) is 61.6 Å². The quantitative estimate of drug-likeness (QED) is 0.731. The van der Waals surface area contributed by atoms with Crippen molar-refractivity contribution in [1.82, 2.24) is 0 Å². The summed E-state index contributed by atoms with van der Waals surface area (Å²) in [5, 5.41) is 0. The summed E-state index contributed by atoms with van der Waals surface area (Å²) in [7, 11) is 0. The molecule has 2 nitrogen and oxygen atoms in total. The molecule has 1 aromatic carbocycles. The smallest absolute Gasteiger partial charge is 0.139 e. The van der Waals surface area contributed by atoms with Crippen LogP contribution in [0, 0.1) is 24.2 Å². The number of fused-ring (bicyclic) bond motifs is 5. The number of anilines is 1. The van der Waals surface area contributed by atoms with Crippen molar-refractivity contribution in [1.29, 1.82) is 0 Å². The molecular weight excluding hydrogens is 258 g/mol. The number of Topliss-reactive ketones (excluding diaryl/α,β-unsaturated/α-hetero) is 1. The Labute approximate surface area is 127 Å². The number of nitrogens with two attached hydrogens (primary N) is 1. The molecule has 3 aliphatic rings. The van der Waals surface area contributed by atoms with Gasteiger partial charge in [-0.25, -0.2) is 0 Å². The third-order valence-electron chi connectivity index (χ3n) is 6.82. The van der Waals surface area contributed by atoms with Crippen LogP contribution in [0.15, 0.2) is 12.1 Å². The highest BCUT2D eigenvalue weighted by Gasteiger charge is 2.54. The number of carbonyl (C=O) groups excluding carboxylic acids is 1. The Morgan fingerprint density at radius 3 is 2.81 bits per heavy atom. The Hall–Kier alpha value is -1.31. The molecule has 0 aliphatic heterocycles. The summed E-state index contributed by atoms with van der Waals surface area (Å²) >= 11 is 0. The molecule has 0 amide bonds. The molecule has 4 atom stereocenters. The average Bonchev–Trinajstić information content (AvgIpc) is 2.76. The lowest BCUT2D eigenvalue weighted by atomic mass is 9.55. The Morgan fingerprint density at radius 1 is 1.19 bits per heavy atom. The van der Waals surface area contributed by atoms with E-state index in [1.807, 2.05) is 0 Å². The number of hydrogen-bond acceptors (Lipinski definition) is 2. The van der Waals surface area contributed by atoms with Gasteiger partial charge in [0, 0.05) is 17.5 Å². The molecule has 0 heterocycles. The lowest BCUT2D eigenvalue weighted by molar-refractivity contribution is -0.129. The van der Waals surface area contributed by atoms with Gasteiger partial charge in [0.05, 0.1) is 0 Å². The monoisotopic (exact) mass is 283 g/mol. The normalized spacial score (nSPS) is 37.8. The van der Waals surface area contributed by atoms with Gasteiger partial charge in [0.1, 0.15) is 5.78 Å². The van der Waals surface area contributed by atoms with E-state index in [1.54, 1.807) is 5.56 Å². The van der Waals surface area contributed by atoms with E-state index in [2.05, 4.69) is 26.0 Å². The first kappa shape index (κ1) is 13.4. The van der Waals surface area contributed by atoms with E-state index < -0.39 is 0 Å². The summed E-state index contributed by atoms with van der Waals surface area (Å²) < 4.78 is 0. The van der Waals surface area contributed by atoms with Crippen LogP contribution in [0.3, 0.4) is 0 Å². The molecule has 21 heavy (non-hydrogen) atoms. The van der Waals surface area contributed by atoms with Gasteiger partial charge in [0.15, 0.2) is 0 Å². The second-order valence-electron chi connectivity index (χ2n) is 7.74. The van der Waals surface area contributed by atoms with Crippen LogP contribution in [0.4, 0.5) is 5.69 Å². The third kappa shape index (κ3) is 1.74. The molecule has 0 spiro atoms. The van der Waals surface area contributed by atoms with E-state index in [0.29, 0.717) is 23.5 Å². The minimum absolute atomic E-state index is 0.0124. The van der Waals surface area contributed by atoms with Crippen molar-refractivity contribution in [2.24, 2.45) is 17.3 Å². The van der Waals surface area contributed by atoms with Gasteiger partial charge in [-0.2, -0.15) is 0 Å². The Kier molecular flexibility index (Phi) is 2.76. The van der Waals surface area contributed by atoms with Crippen molar-refractivity contribution in [3.63, 3.8) is 0 Å². The highest BCUT2D eigenvalue weighted by atomic mass is 16.1.